The number of nitrogens with one attached hydrogen (secondary N) is 1. The van der Waals surface area contributed by atoms with Crippen LogP contribution in [0, 0.1) is 0 Å². The molecule has 2 aromatic carbocycles. The quantitative estimate of drug-likeness (QED) is 0.602. The van der Waals surface area contributed by atoms with Crippen LogP contribution in [0.3, 0.4) is 0 Å². The van der Waals surface area contributed by atoms with Gasteiger partial charge in [0.1, 0.15) is 11.3 Å². The second kappa shape index (κ2) is 8.02. The highest BCUT2D eigenvalue weighted by atomic mass is 32.2. The lowest BCUT2D eigenvalue weighted by molar-refractivity contribution is -0.137. The van der Waals surface area contributed by atoms with Crippen molar-refractivity contribution in [1.29, 1.82) is 0 Å². The molecule has 10 heteroatoms. The minimum Gasteiger partial charge on any atom is -0.492 e. The maximum atomic E-state index is 13.1. The van der Waals surface area contributed by atoms with Crippen molar-refractivity contribution in [1.82, 2.24) is 0 Å². The molecule has 0 saturated carbocycles. The zero-order valence-electron chi connectivity index (χ0n) is 16.0. The van der Waals surface area contributed by atoms with Crippen LogP contribution in [0.2, 0.25) is 0 Å². The van der Waals surface area contributed by atoms with Gasteiger partial charge in [-0.1, -0.05) is 18.2 Å². The Hall–Kier alpha value is -3.01. The first-order valence-electron chi connectivity index (χ1n) is 8.83. The average molecular weight is 441 g/mol. The van der Waals surface area contributed by atoms with Crippen molar-refractivity contribution in [3.05, 3.63) is 59.4 Å². The number of sulfone groups is 1. The second-order valence-corrected chi connectivity index (χ2v) is 8.71. The Morgan fingerprint density at radius 3 is 2.50 bits per heavy atom. The number of hydrogen-bond donors (Lipinski definition) is 1. The number of halogens is 3. The first-order chi connectivity index (χ1) is 14.0. The molecule has 6 nitrogen and oxygen atoms in total. The third kappa shape index (κ3) is 4.76. The highest BCUT2D eigenvalue weighted by molar-refractivity contribution is 7.89. The van der Waals surface area contributed by atoms with Gasteiger partial charge in [0, 0.05) is 17.2 Å². The molecule has 3 aromatic rings. The van der Waals surface area contributed by atoms with Crippen molar-refractivity contribution in [3.8, 4) is 5.75 Å². The van der Waals surface area contributed by atoms with Gasteiger partial charge in [0.15, 0.2) is 15.6 Å². The summed E-state index contributed by atoms with van der Waals surface area (Å²) in [5, 5.41) is 2.79. The summed E-state index contributed by atoms with van der Waals surface area (Å²) in [6, 6.07) is 9.18. The smallest absolute Gasteiger partial charge is 0.416 e. The Kier molecular flexibility index (Phi) is 5.80. The Bertz CT molecular complexity index is 1200. The molecule has 160 valence electrons. The maximum absolute atomic E-state index is 13.1. The van der Waals surface area contributed by atoms with Gasteiger partial charge in [0.25, 0.3) is 5.91 Å². The number of rotatable bonds is 6. The minimum atomic E-state index is -4.62. The number of fused-ring (bicyclic) bond motifs is 1. The number of carbonyl (C=O) groups excluding carboxylic acids is 1. The van der Waals surface area contributed by atoms with E-state index in [0.29, 0.717) is 5.39 Å². The molecule has 0 fully saturated rings. The first-order valence-corrected chi connectivity index (χ1v) is 10.9. The van der Waals surface area contributed by atoms with Gasteiger partial charge in [-0.05, 0) is 31.2 Å². The van der Waals surface area contributed by atoms with E-state index in [9.17, 15) is 26.4 Å². The Morgan fingerprint density at radius 2 is 1.87 bits per heavy atom. The van der Waals surface area contributed by atoms with Gasteiger partial charge in [-0.15, -0.1) is 0 Å². The van der Waals surface area contributed by atoms with E-state index in [1.807, 2.05) is 0 Å². The predicted molar refractivity (Wildman–Crippen MR) is 105 cm³/mol. The summed E-state index contributed by atoms with van der Waals surface area (Å²) in [5.41, 5.74) is -0.754. The summed E-state index contributed by atoms with van der Waals surface area (Å²) in [5.74, 6) is -1.60. The number of anilines is 1. The predicted octanol–water partition coefficient (Wildman–Crippen LogP) is 4.65. The van der Waals surface area contributed by atoms with Crippen LogP contribution in [0.1, 0.15) is 28.6 Å². The van der Waals surface area contributed by atoms with Gasteiger partial charge >= 0.3 is 6.18 Å². The van der Waals surface area contributed by atoms with E-state index in [1.165, 1.54) is 0 Å². The topological polar surface area (TPSA) is 85.6 Å². The van der Waals surface area contributed by atoms with Crippen LogP contribution in [0.15, 0.2) is 46.9 Å². The van der Waals surface area contributed by atoms with Crippen LogP contribution in [0.4, 0.5) is 18.9 Å². The van der Waals surface area contributed by atoms with Crippen LogP contribution in [0.5, 0.6) is 5.75 Å². The highest BCUT2D eigenvalue weighted by Gasteiger charge is 2.32. The molecule has 0 unspecified atom stereocenters. The van der Waals surface area contributed by atoms with Crippen molar-refractivity contribution in [3.63, 3.8) is 0 Å². The summed E-state index contributed by atoms with van der Waals surface area (Å²) in [4.78, 5) is 12.9. The van der Waals surface area contributed by atoms with Gasteiger partial charge in [0.2, 0.25) is 0 Å². The van der Waals surface area contributed by atoms with Crippen LogP contribution < -0.4 is 10.1 Å². The molecule has 0 saturated heterocycles. The molecule has 30 heavy (non-hydrogen) atoms. The molecule has 3 rings (SSSR count). The normalized spacial score (nSPS) is 12.2. The number of furan rings is 1. The summed E-state index contributed by atoms with van der Waals surface area (Å²) < 4.78 is 73.8. The molecule has 1 heterocycles. The fourth-order valence-electron chi connectivity index (χ4n) is 2.95. The molecule has 1 amide bonds. The molecule has 0 atom stereocenters. The highest BCUT2D eigenvalue weighted by Crippen LogP contribution is 2.36. The second-order valence-electron chi connectivity index (χ2n) is 6.57. The molecule has 0 aliphatic heterocycles. The van der Waals surface area contributed by atoms with Gasteiger partial charge in [-0.3, -0.25) is 4.79 Å². The summed E-state index contributed by atoms with van der Waals surface area (Å²) in [7, 11) is -3.52. The van der Waals surface area contributed by atoms with Gasteiger partial charge in [-0.2, -0.15) is 13.2 Å². The van der Waals surface area contributed by atoms with Crippen molar-refractivity contribution in [2.45, 2.75) is 18.9 Å². The third-order valence-corrected chi connectivity index (χ3v) is 4.98. The summed E-state index contributed by atoms with van der Waals surface area (Å²) in [6.07, 6.45) is -3.61. The molecule has 0 spiro atoms. The maximum Gasteiger partial charge on any atom is 0.416 e. The standard InChI is InChI=1S/C20H18F3NO5S/c1-3-28-17-9-8-12(20(21,22)23)10-15(17)24-19(25)18-14(11-30(2,26)27)13-6-4-5-7-16(13)29-18/h4-10H,3,11H2,1-2H3,(H,24,25). The van der Waals surface area contributed by atoms with E-state index in [0.717, 1.165) is 24.5 Å². The van der Waals surface area contributed by atoms with Crippen molar-refractivity contribution in [2.75, 3.05) is 18.2 Å². The molecular formula is C20H18F3NO5S. The number of ether oxygens (including phenoxy) is 1. The SMILES string of the molecule is CCOc1ccc(C(F)(F)F)cc1NC(=O)c1oc2ccccc2c1CS(C)(=O)=O. The van der Waals surface area contributed by atoms with Crippen LogP contribution in [-0.4, -0.2) is 27.2 Å². The minimum absolute atomic E-state index is 0.0413. The van der Waals surface area contributed by atoms with Crippen molar-refractivity contribution >= 4 is 32.4 Å². The zero-order valence-corrected chi connectivity index (χ0v) is 16.9. The van der Waals surface area contributed by atoms with E-state index in [2.05, 4.69) is 5.32 Å². The number of alkyl halides is 3. The molecule has 0 aliphatic carbocycles. The van der Waals surface area contributed by atoms with E-state index < -0.39 is 33.2 Å². The lowest BCUT2D eigenvalue weighted by atomic mass is 10.1. The first kappa shape index (κ1) is 21.7. The zero-order chi connectivity index (χ0) is 22.1. The molecule has 1 aromatic heterocycles. The Labute approximate surface area is 170 Å². The molecule has 0 radical (unpaired) electrons. The van der Waals surface area contributed by atoms with E-state index >= 15 is 0 Å². The number of amides is 1. The van der Waals surface area contributed by atoms with Crippen LogP contribution in [0.25, 0.3) is 11.0 Å². The Morgan fingerprint density at radius 1 is 1.17 bits per heavy atom. The van der Waals surface area contributed by atoms with Crippen molar-refractivity contribution in [2.24, 2.45) is 0 Å². The van der Waals surface area contributed by atoms with Crippen LogP contribution in [-0.2, 0) is 21.8 Å². The third-order valence-electron chi connectivity index (χ3n) is 4.17. The number of para-hydroxylation sites is 1. The Balaban J connectivity index is 2.06. The molecule has 1 N–H and O–H groups in total. The summed E-state index contributed by atoms with van der Waals surface area (Å²) in [6.45, 7) is 1.81. The monoisotopic (exact) mass is 441 g/mol. The fourth-order valence-corrected chi connectivity index (χ4v) is 3.76. The van der Waals surface area contributed by atoms with Crippen molar-refractivity contribution < 1.29 is 35.5 Å². The average Bonchev–Trinajstić information content (AvgIpc) is 2.99. The molecule has 0 bridgehead atoms. The summed E-state index contributed by atoms with van der Waals surface area (Å²) >= 11 is 0. The van der Waals surface area contributed by atoms with Gasteiger partial charge in [-0.25, -0.2) is 8.42 Å². The molecule has 0 aliphatic rings. The number of benzene rings is 2. The lowest BCUT2D eigenvalue weighted by Crippen LogP contribution is -2.16. The van der Waals surface area contributed by atoms with Gasteiger partial charge < -0.3 is 14.5 Å². The fraction of sp³-hybridized carbons (Fsp3) is 0.250. The van der Waals surface area contributed by atoms with Gasteiger partial charge in [0.05, 0.1) is 23.6 Å². The van der Waals surface area contributed by atoms with Crippen LogP contribution >= 0.6 is 0 Å². The lowest BCUT2D eigenvalue weighted by Gasteiger charge is -2.14. The number of hydrogen-bond acceptors (Lipinski definition) is 5. The van der Waals surface area contributed by atoms with E-state index in [-0.39, 0.29) is 35.0 Å². The largest absolute Gasteiger partial charge is 0.492 e. The van der Waals surface area contributed by atoms with E-state index in [1.54, 1.807) is 31.2 Å². The van der Waals surface area contributed by atoms with E-state index in [4.69, 9.17) is 9.15 Å². The number of carbonyl (C=O) groups is 1. The molecular weight excluding hydrogens is 423 g/mol.